The molecule has 1 aromatic heterocycles. The van der Waals surface area contributed by atoms with Crippen molar-refractivity contribution in [3.05, 3.63) is 22.6 Å². The number of aliphatic hydroxyl groups excluding tert-OH is 1. The van der Waals surface area contributed by atoms with E-state index in [1.165, 1.54) is 61.7 Å². The van der Waals surface area contributed by atoms with Gasteiger partial charge in [0.15, 0.2) is 5.78 Å². The number of Topliss-reactive ketones (excluding diaryl/α,β-unsaturated/α-hetero) is 1. The second kappa shape index (κ2) is 14.4. The zero-order chi connectivity index (χ0) is 21.6. The van der Waals surface area contributed by atoms with Crippen LogP contribution in [-0.4, -0.2) is 29.4 Å². The first-order valence-electron chi connectivity index (χ1n) is 11.4. The van der Waals surface area contributed by atoms with Gasteiger partial charge in [-0.3, -0.25) is 9.59 Å². The van der Waals surface area contributed by atoms with Crippen LogP contribution in [0.4, 0.5) is 0 Å². The van der Waals surface area contributed by atoms with Gasteiger partial charge in [-0.2, -0.15) is 0 Å². The van der Waals surface area contributed by atoms with E-state index in [-0.39, 0.29) is 18.3 Å². The van der Waals surface area contributed by atoms with Crippen molar-refractivity contribution in [2.45, 2.75) is 111 Å². The van der Waals surface area contributed by atoms with Crippen molar-refractivity contribution in [2.75, 3.05) is 6.61 Å². The highest BCUT2D eigenvalue weighted by Gasteiger charge is 2.17. The smallest absolute Gasteiger partial charge is 0.217 e. The summed E-state index contributed by atoms with van der Waals surface area (Å²) in [7, 11) is 0. The summed E-state index contributed by atoms with van der Waals surface area (Å²) in [6.07, 6.45) is 12.7. The summed E-state index contributed by atoms with van der Waals surface area (Å²) in [5.74, 6) is 1.99. The van der Waals surface area contributed by atoms with Crippen molar-refractivity contribution in [1.82, 2.24) is 5.32 Å². The van der Waals surface area contributed by atoms with Crippen molar-refractivity contribution in [3.63, 3.8) is 0 Å². The second-order valence-electron chi connectivity index (χ2n) is 8.18. The molecule has 0 spiro atoms. The van der Waals surface area contributed by atoms with Crippen LogP contribution in [0.5, 0.6) is 0 Å². The zero-order valence-corrected chi connectivity index (χ0v) is 18.9. The molecule has 5 nitrogen and oxygen atoms in total. The molecule has 29 heavy (non-hydrogen) atoms. The van der Waals surface area contributed by atoms with Gasteiger partial charge < -0.3 is 14.8 Å². The first kappa shape index (κ1) is 25.4. The lowest BCUT2D eigenvalue weighted by Gasteiger charge is -2.13. The Morgan fingerprint density at radius 2 is 1.41 bits per heavy atom. The van der Waals surface area contributed by atoms with Gasteiger partial charge in [-0.15, -0.1) is 0 Å². The van der Waals surface area contributed by atoms with Crippen LogP contribution in [0.2, 0.25) is 0 Å². The van der Waals surface area contributed by atoms with E-state index in [0.717, 1.165) is 38.5 Å². The Labute approximate surface area is 176 Å². The van der Waals surface area contributed by atoms with E-state index in [1.807, 2.05) is 0 Å². The van der Waals surface area contributed by atoms with Crippen LogP contribution < -0.4 is 5.32 Å². The molecule has 5 heteroatoms. The van der Waals surface area contributed by atoms with Crippen molar-refractivity contribution in [2.24, 2.45) is 0 Å². The Morgan fingerprint density at radius 1 is 0.897 bits per heavy atom. The van der Waals surface area contributed by atoms with Crippen LogP contribution in [0, 0.1) is 13.8 Å². The molecule has 0 fully saturated rings. The molecule has 1 heterocycles. The van der Waals surface area contributed by atoms with E-state index in [0.29, 0.717) is 6.42 Å². The Bertz CT molecular complexity index is 621. The number of amides is 1. The first-order valence-corrected chi connectivity index (χ1v) is 11.4. The molecule has 0 unspecified atom stereocenters. The molecular weight excluding hydrogens is 366 g/mol. The third-order valence-electron chi connectivity index (χ3n) is 5.65. The highest BCUT2D eigenvalue weighted by molar-refractivity contribution is 5.88. The molecule has 0 aliphatic rings. The first-order chi connectivity index (χ1) is 13.9. The molecule has 0 saturated heterocycles. The molecule has 0 aliphatic heterocycles. The molecule has 1 atom stereocenters. The van der Waals surface area contributed by atoms with Gasteiger partial charge >= 0.3 is 0 Å². The minimum absolute atomic E-state index is 0.0757. The lowest BCUT2D eigenvalue weighted by atomic mass is 10.0. The number of rotatable bonds is 16. The molecule has 1 aromatic rings. The van der Waals surface area contributed by atoms with Crippen LogP contribution in [0.3, 0.4) is 0 Å². The quantitative estimate of drug-likeness (QED) is 0.379. The Kier molecular flexibility index (Phi) is 12.6. The number of aliphatic hydroxyl groups is 1. The Balaban J connectivity index is 2.06. The number of aryl methyl sites for hydroxylation is 2. The van der Waals surface area contributed by atoms with Gasteiger partial charge in [0.2, 0.25) is 5.91 Å². The van der Waals surface area contributed by atoms with Crippen molar-refractivity contribution >= 4 is 11.7 Å². The number of carbonyl (C=O) groups is 2. The lowest BCUT2D eigenvalue weighted by molar-refractivity contribution is -0.127. The maximum atomic E-state index is 11.9. The topological polar surface area (TPSA) is 79.5 Å². The van der Waals surface area contributed by atoms with Crippen LogP contribution in [0.25, 0.3) is 0 Å². The number of hydrogen-bond acceptors (Lipinski definition) is 4. The van der Waals surface area contributed by atoms with Gasteiger partial charge in [0.05, 0.1) is 6.61 Å². The molecule has 0 bridgehead atoms. The maximum absolute atomic E-state index is 11.9. The number of furan rings is 1. The SMILES string of the molecule is CCCc1oc(CCCCCCCCCCC(=O)[C@H](CO)NC(C)=O)c(C)c1C. The summed E-state index contributed by atoms with van der Waals surface area (Å²) in [5, 5.41) is 11.7. The summed E-state index contributed by atoms with van der Waals surface area (Å²) in [5.41, 5.74) is 2.67. The van der Waals surface area contributed by atoms with Crippen LogP contribution in [-0.2, 0) is 22.4 Å². The number of carbonyl (C=O) groups excluding carboxylic acids is 2. The van der Waals surface area contributed by atoms with Crippen molar-refractivity contribution < 1.29 is 19.1 Å². The monoisotopic (exact) mass is 407 g/mol. The van der Waals surface area contributed by atoms with Crippen LogP contribution in [0.15, 0.2) is 4.42 Å². The lowest BCUT2D eigenvalue weighted by Crippen LogP contribution is -2.42. The fourth-order valence-electron chi connectivity index (χ4n) is 3.72. The molecule has 0 aliphatic carbocycles. The predicted molar refractivity (Wildman–Crippen MR) is 117 cm³/mol. The Morgan fingerprint density at radius 3 is 1.93 bits per heavy atom. The largest absolute Gasteiger partial charge is 0.466 e. The van der Waals surface area contributed by atoms with E-state index in [4.69, 9.17) is 4.42 Å². The molecule has 0 saturated carbocycles. The fraction of sp³-hybridized carbons (Fsp3) is 0.750. The van der Waals surface area contributed by atoms with E-state index in [1.54, 1.807) is 0 Å². The number of nitrogens with one attached hydrogen (secondary N) is 1. The van der Waals surface area contributed by atoms with Crippen LogP contribution >= 0.6 is 0 Å². The molecule has 2 N–H and O–H groups in total. The molecule has 1 amide bonds. The second-order valence-corrected chi connectivity index (χ2v) is 8.18. The predicted octanol–water partition coefficient (Wildman–Crippen LogP) is 4.97. The average Bonchev–Trinajstić information content (AvgIpc) is 2.95. The number of hydrogen-bond donors (Lipinski definition) is 2. The normalized spacial score (nSPS) is 12.2. The highest BCUT2D eigenvalue weighted by atomic mass is 16.3. The third-order valence-corrected chi connectivity index (χ3v) is 5.65. The standard InChI is InChI=1S/C24H41NO4/c1-5-14-23-18(2)19(3)24(29-23)16-13-11-9-7-6-8-10-12-15-22(28)21(17-26)25-20(4)27/h21,26H,5-17H2,1-4H3,(H,25,27)/t21-/m0/s1. The van der Waals surface area contributed by atoms with E-state index < -0.39 is 6.04 Å². The average molecular weight is 408 g/mol. The molecule has 166 valence electrons. The van der Waals surface area contributed by atoms with Crippen LogP contribution in [0.1, 0.15) is 101 Å². The van der Waals surface area contributed by atoms with Gasteiger partial charge in [0.1, 0.15) is 17.6 Å². The summed E-state index contributed by atoms with van der Waals surface area (Å²) in [6.45, 7) is 7.57. The zero-order valence-electron chi connectivity index (χ0n) is 18.9. The summed E-state index contributed by atoms with van der Waals surface area (Å²) in [6, 6.07) is -0.743. The van der Waals surface area contributed by atoms with Gasteiger partial charge in [-0.1, -0.05) is 45.4 Å². The van der Waals surface area contributed by atoms with E-state index in [9.17, 15) is 14.7 Å². The highest BCUT2D eigenvalue weighted by Crippen LogP contribution is 2.24. The molecule has 0 aromatic carbocycles. The fourth-order valence-corrected chi connectivity index (χ4v) is 3.72. The van der Waals surface area contributed by atoms with Crippen molar-refractivity contribution in [3.8, 4) is 0 Å². The van der Waals surface area contributed by atoms with Gasteiger partial charge in [-0.25, -0.2) is 0 Å². The number of ketones is 1. The van der Waals surface area contributed by atoms with Gasteiger partial charge in [-0.05, 0) is 44.2 Å². The molecule has 1 rings (SSSR count). The Hall–Kier alpha value is -1.62. The minimum Gasteiger partial charge on any atom is -0.466 e. The van der Waals surface area contributed by atoms with E-state index >= 15 is 0 Å². The van der Waals surface area contributed by atoms with E-state index in [2.05, 4.69) is 26.1 Å². The van der Waals surface area contributed by atoms with Crippen molar-refractivity contribution in [1.29, 1.82) is 0 Å². The maximum Gasteiger partial charge on any atom is 0.217 e. The summed E-state index contributed by atoms with van der Waals surface area (Å²) < 4.78 is 6.06. The summed E-state index contributed by atoms with van der Waals surface area (Å²) >= 11 is 0. The summed E-state index contributed by atoms with van der Waals surface area (Å²) in [4.78, 5) is 22.9. The molecular formula is C24H41NO4. The molecule has 0 radical (unpaired) electrons. The van der Waals surface area contributed by atoms with Gasteiger partial charge in [0, 0.05) is 26.2 Å². The third kappa shape index (κ3) is 9.62. The number of unbranched alkanes of at least 4 members (excludes halogenated alkanes) is 7. The van der Waals surface area contributed by atoms with Gasteiger partial charge in [0.25, 0.3) is 0 Å². The minimum atomic E-state index is -0.743.